The minimum Gasteiger partial charge on any atom is -0.312 e. The van der Waals surface area contributed by atoms with E-state index in [4.69, 9.17) is 0 Å². The van der Waals surface area contributed by atoms with Crippen LogP contribution in [0, 0.1) is 6.92 Å². The van der Waals surface area contributed by atoms with Gasteiger partial charge < -0.3 is 5.32 Å². The van der Waals surface area contributed by atoms with Crippen molar-refractivity contribution in [2.24, 2.45) is 0 Å². The zero-order valence-electron chi connectivity index (χ0n) is 8.36. The molecule has 14 heavy (non-hydrogen) atoms. The van der Waals surface area contributed by atoms with Crippen molar-refractivity contribution in [3.63, 3.8) is 0 Å². The number of nitrogens with one attached hydrogen (secondary N) is 1. The van der Waals surface area contributed by atoms with Crippen LogP contribution in [0.2, 0.25) is 0 Å². The third-order valence-electron chi connectivity index (χ3n) is 2.56. The van der Waals surface area contributed by atoms with E-state index in [2.05, 4.69) is 10.3 Å². The van der Waals surface area contributed by atoms with E-state index in [0.717, 1.165) is 25.1 Å². The third-order valence-corrected chi connectivity index (χ3v) is 2.56. The first-order chi connectivity index (χ1) is 6.75. The molecule has 1 aromatic rings. The number of aryl methyl sites for hydroxylation is 1. The fraction of sp³-hybridized carbons (Fsp3) is 0.600. The molecule has 0 aromatic carbocycles. The van der Waals surface area contributed by atoms with Crippen molar-refractivity contribution in [2.45, 2.75) is 32.4 Å². The van der Waals surface area contributed by atoms with Gasteiger partial charge in [-0.05, 0) is 31.9 Å². The minimum absolute atomic E-state index is 0.149. The lowest BCUT2D eigenvalue weighted by Crippen LogP contribution is -2.33. The van der Waals surface area contributed by atoms with Gasteiger partial charge in [0.05, 0.1) is 0 Å². The van der Waals surface area contributed by atoms with Crippen LogP contribution in [0.4, 0.5) is 0 Å². The molecular formula is C10H15N3O. The fourth-order valence-electron chi connectivity index (χ4n) is 1.85. The first-order valence-corrected chi connectivity index (χ1v) is 5.02. The van der Waals surface area contributed by atoms with Crippen molar-refractivity contribution in [3.8, 4) is 0 Å². The van der Waals surface area contributed by atoms with Gasteiger partial charge in [-0.25, -0.2) is 9.78 Å². The predicted molar refractivity (Wildman–Crippen MR) is 54.3 cm³/mol. The molecule has 2 heterocycles. The second kappa shape index (κ2) is 3.92. The summed E-state index contributed by atoms with van der Waals surface area (Å²) in [4.78, 5) is 15.2. The first-order valence-electron chi connectivity index (χ1n) is 5.02. The highest BCUT2D eigenvalue weighted by atomic mass is 16.1. The van der Waals surface area contributed by atoms with Crippen LogP contribution in [0.3, 0.4) is 0 Å². The lowest BCUT2D eigenvalue weighted by Gasteiger charge is -2.11. The van der Waals surface area contributed by atoms with E-state index < -0.39 is 0 Å². The molecule has 4 heteroatoms. The number of rotatable bonds is 2. The van der Waals surface area contributed by atoms with E-state index in [-0.39, 0.29) is 5.69 Å². The monoisotopic (exact) mass is 193 g/mol. The molecule has 0 bridgehead atoms. The van der Waals surface area contributed by atoms with Crippen LogP contribution in [0.5, 0.6) is 0 Å². The molecule has 1 N–H and O–H groups in total. The largest absolute Gasteiger partial charge is 0.347 e. The Balaban J connectivity index is 2.15. The van der Waals surface area contributed by atoms with E-state index >= 15 is 0 Å². The van der Waals surface area contributed by atoms with Crippen molar-refractivity contribution in [3.05, 3.63) is 28.4 Å². The van der Waals surface area contributed by atoms with E-state index in [1.165, 1.54) is 6.42 Å². The molecule has 0 amide bonds. The normalized spacial score (nSPS) is 21.4. The standard InChI is InChI=1S/C10H15N3O/c1-8-5-12-10(14)13(6-8)7-9-3-2-4-11-9/h5-6,9,11H,2-4,7H2,1H3. The fourth-order valence-corrected chi connectivity index (χ4v) is 1.85. The Hall–Kier alpha value is -1.16. The molecule has 1 aliphatic rings. The summed E-state index contributed by atoms with van der Waals surface area (Å²) in [5.74, 6) is 0. The Bertz CT molecular complexity index is 366. The quantitative estimate of drug-likeness (QED) is 0.735. The summed E-state index contributed by atoms with van der Waals surface area (Å²) in [5, 5.41) is 3.36. The van der Waals surface area contributed by atoms with Gasteiger partial charge >= 0.3 is 5.69 Å². The Labute approximate surface area is 83.0 Å². The molecule has 76 valence electrons. The molecule has 2 rings (SSSR count). The summed E-state index contributed by atoms with van der Waals surface area (Å²) in [5.41, 5.74) is 0.881. The Kier molecular flexibility index (Phi) is 2.63. The summed E-state index contributed by atoms with van der Waals surface area (Å²) in [6.07, 6.45) is 5.84. The van der Waals surface area contributed by atoms with E-state index in [1.807, 2.05) is 13.1 Å². The van der Waals surface area contributed by atoms with Crippen LogP contribution < -0.4 is 11.0 Å². The van der Waals surface area contributed by atoms with E-state index in [9.17, 15) is 4.79 Å². The number of aromatic nitrogens is 2. The van der Waals surface area contributed by atoms with Crippen molar-refractivity contribution < 1.29 is 0 Å². The first kappa shape index (κ1) is 9.40. The molecule has 1 fully saturated rings. The lowest BCUT2D eigenvalue weighted by atomic mass is 10.2. The van der Waals surface area contributed by atoms with Gasteiger partial charge in [-0.1, -0.05) is 0 Å². The molecule has 0 aliphatic carbocycles. The highest BCUT2D eigenvalue weighted by Gasteiger charge is 2.14. The average molecular weight is 193 g/mol. The van der Waals surface area contributed by atoms with Crippen LogP contribution in [0.25, 0.3) is 0 Å². The van der Waals surface area contributed by atoms with Gasteiger partial charge in [0.1, 0.15) is 0 Å². The van der Waals surface area contributed by atoms with Gasteiger partial charge in [-0.2, -0.15) is 0 Å². The third kappa shape index (κ3) is 2.01. The van der Waals surface area contributed by atoms with Gasteiger partial charge in [-0.15, -0.1) is 0 Å². The predicted octanol–water partition coefficient (Wildman–Crippen LogP) is 0.304. The molecule has 0 radical (unpaired) electrons. The summed E-state index contributed by atoms with van der Waals surface area (Å²) in [6.45, 7) is 3.76. The topological polar surface area (TPSA) is 46.9 Å². The molecule has 1 aromatic heterocycles. The molecule has 4 nitrogen and oxygen atoms in total. The Morgan fingerprint density at radius 3 is 3.29 bits per heavy atom. The Morgan fingerprint density at radius 2 is 2.57 bits per heavy atom. The smallest absolute Gasteiger partial charge is 0.312 e. The number of nitrogens with zero attached hydrogens (tertiary/aromatic N) is 2. The second-order valence-corrected chi connectivity index (χ2v) is 3.86. The number of hydrogen-bond donors (Lipinski definition) is 1. The summed E-state index contributed by atoms with van der Waals surface area (Å²) >= 11 is 0. The SMILES string of the molecule is Cc1cnc(=O)n(CC2CCCN2)c1. The van der Waals surface area contributed by atoms with Gasteiger partial charge in [0, 0.05) is 25.0 Å². The van der Waals surface area contributed by atoms with Crippen LogP contribution >= 0.6 is 0 Å². The minimum atomic E-state index is -0.149. The van der Waals surface area contributed by atoms with Crippen molar-refractivity contribution >= 4 is 0 Å². The van der Waals surface area contributed by atoms with Gasteiger partial charge in [0.25, 0.3) is 0 Å². The highest BCUT2D eigenvalue weighted by Crippen LogP contribution is 2.06. The molecule has 1 unspecified atom stereocenters. The molecular weight excluding hydrogens is 178 g/mol. The van der Waals surface area contributed by atoms with Crippen LogP contribution in [0.15, 0.2) is 17.2 Å². The lowest BCUT2D eigenvalue weighted by molar-refractivity contribution is 0.492. The number of hydrogen-bond acceptors (Lipinski definition) is 3. The highest BCUT2D eigenvalue weighted by molar-refractivity contribution is 5.00. The second-order valence-electron chi connectivity index (χ2n) is 3.86. The van der Waals surface area contributed by atoms with Crippen LogP contribution in [-0.4, -0.2) is 22.1 Å². The molecule has 0 saturated carbocycles. The zero-order chi connectivity index (χ0) is 9.97. The molecule has 0 spiro atoms. The van der Waals surface area contributed by atoms with Crippen LogP contribution in [0.1, 0.15) is 18.4 Å². The van der Waals surface area contributed by atoms with Gasteiger partial charge in [-0.3, -0.25) is 4.57 Å². The van der Waals surface area contributed by atoms with Crippen molar-refractivity contribution in [1.29, 1.82) is 0 Å². The Morgan fingerprint density at radius 1 is 1.71 bits per heavy atom. The maximum atomic E-state index is 11.4. The molecule has 1 saturated heterocycles. The van der Waals surface area contributed by atoms with Gasteiger partial charge in [0.15, 0.2) is 0 Å². The van der Waals surface area contributed by atoms with Crippen molar-refractivity contribution in [2.75, 3.05) is 6.54 Å². The molecule has 1 atom stereocenters. The van der Waals surface area contributed by atoms with Crippen molar-refractivity contribution in [1.82, 2.24) is 14.9 Å². The van der Waals surface area contributed by atoms with E-state index in [0.29, 0.717) is 6.04 Å². The summed E-state index contributed by atoms with van der Waals surface area (Å²) < 4.78 is 1.69. The average Bonchev–Trinajstić information content (AvgIpc) is 2.64. The summed E-state index contributed by atoms with van der Waals surface area (Å²) in [6, 6.07) is 0.441. The maximum Gasteiger partial charge on any atom is 0.347 e. The maximum absolute atomic E-state index is 11.4. The zero-order valence-corrected chi connectivity index (χ0v) is 8.36. The summed E-state index contributed by atoms with van der Waals surface area (Å²) in [7, 11) is 0. The van der Waals surface area contributed by atoms with Crippen LogP contribution in [-0.2, 0) is 6.54 Å². The van der Waals surface area contributed by atoms with Gasteiger partial charge in [0.2, 0.25) is 0 Å². The van der Waals surface area contributed by atoms with E-state index in [1.54, 1.807) is 10.8 Å². The molecule has 1 aliphatic heterocycles.